The Morgan fingerprint density at radius 1 is 1.35 bits per heavy atom. The zero-order valence-electron chi connectivity index (χ0n) is 12.5. The molecule has 0 saturated carbocycles. The van der Waals surface area contributed by atoms with Gasteiger partial charge in [0.1, 0.15) is 11.3 Å². The molecule has 108 valence electrons. The number of fused-ring (bicyclic) bond motifs is 1. The molecule has 0 bridgehead atoms. The minimum atomic E-state index is -0.148. The van der Waals surface area contributed by atoms with E-state index in [1.807, 2.05) is 19.2 Å². The van der Waals surface area contributed by atoms with Crippen LogP contribution in [0.4, 0.5) is 0 Å². The summed E-state index contributed by atoms with van der Waals surface area (Å²) >= 11 is 0. The molecule has 0 radical (unpaired) electrons. The average Bonchev–Trinajstić information content (AvgIpc) is 3.05. The molecular formula is C17H23NO2. The summed E-state index contributed by atoms with van der Waals surface area (Å²) in [5.41, 5.74) is 2.10. The summed E-state index contributed by atoms with van der Waals surface area (Å²) < 4.78 is 12.1. The van der Waals surface area contributed by atoms with E-state index in [4.69, 9.17) is 9.15 Å². The van der Waals surface area contributed by atoms with Gasteiger partial charge in [-0.3, -0.25) is 0 Å². The number of para-hydroxylation sites is 1. The maximum Gasteiger partial charge on any atom is 0.134 e. The highest BCUT2D eigenvalue weighted by molar-refractivity contribution is 5.83. The van der Waals surface area contributed by atoms with E-state index in [0.29, 0.717) is 0 Å². The molecule has 1 aromatic carbocycles. The predicted molar refractivity (Wildman–Crippen MR) is 81.0 cm³/mol. The van der Waals surface area contributed by atoms with Gasteiger partial charge in [0.25, 0.3) is 0 Å². The SMILES string of the molecule is CCc1oc2ccccc2c1C(NC)C1(C)CCCO1. The molecule has 20 heavy (non-hydrogen) atoms. The molecule has 2 heterocycles. The van der Waals surface area contributed by atoms with E-state index in [-0.39, 0.29) is 11.6 Å². The van der Waals surface area contributed by atoms with E-state index >= 15 is 0 Å². The number of likely N-dealkylation sites (N-methyl/N-ethyl adjacent to an activating group) is 1. The zero-order valence-corrected chi connectivity index (χ0v) is 12.5. The summed E-state index contributed by atoms with van der Waals surface area (Å²) in [6.07, 6.45) is 3.12. The van der Waals surface area contributed by atoms with Crippen LogP contribution in [-0.2, 0) is 11.2 Å². The lowest BCUT2D eigenvalue weighted by Crippen LogP contribution is -2.40. The van der Waals surface area contributed by atoms with Crippen molar-refractivity contribution in [1.82, 2.24) is 5.32 Å². The average molecular weight is 273 g/mol. The molecule has 0 spiro atoms. The van der Waals surface area contributed by atoms with Gasteiger partial charge >= 0.3 is 0 Å². The highest BCUT2D eigenvalue weighted by Crippen LogP contribution is 2.42. The smallest absolute Gasteiger partial charge is 0.134 e. The van der Waals surface area contributed by atoms with Gasteiger partial charge in [-0.05, 0) is 32.9 Å². The Kier molecular flexibility index (Phi) is 3.57. The predicted octanol–water partition coefficient (Wildman–Crippen LogP) is 3.82. The van der Waals surface area contributed by atoms with Gasteiger partial charge in [0.2, 0.25) is 0 Å². The molecule has 1 aromatic heterocycles. The maximum absolute atomic E-state index is 6.06. The number of ether oxygens (including phenoxy) is 1. The van der Waals surface area contributed by atoms with Crippen LogP contribution in [0.2, 0.25) is 0 Å². The van der Waals surface area contributed by atoms with Crippen LogP contribution in [0, 0.1) is 0 Å². The van der Waals surface area contributed by atoms with Gasteiger partial charge in [-0.2, -0.15) is 0 Å². The van der Waals surface area contributed by atoms with Crippen molar-refractivity contribution in [3.8, 4) is 0 Å². The molecule has 3 nitrogen and oxygen atoms in total. The van der Waals surface area contributed by atoms with Gasteiger partial charge in [0.15, 0.2) is 0 Å². The number of benzene rings is 1. The van der Waals surface area contributed by atoms with Crippen LogP contribution in [0.1, 0.15) is 44.1 Å². The Hall–Kier alpha value is -1.32. The van der Waals surface area contributed by atoms with Crippen molar-refractivity contribution in [2.45, 2.75) is 44.8 Å². The van der Waals surface area contributed by atoms with Crippen molar-refractivity contribution < 1.29 is 9.15 Å². The Labute approximate surface area is 120 Å². The monoisotopic (exact) mass is 273 g/mol. The quantitative estimate of drug-likeness (QED) is 0.919. The van der Waals surface area contributed by atoms with Crippen molar-refractivity contribution >= 4 is 11.0 Å². The highest BCUT2D eigenvalue weighted by atomic mass is 16.5. The Morgan fingerprint density at radius 3 is 2.80 bits per heavy atom. The van der Waals surface area contributed by atoms with Crippen LogP contribution in [0.15, 0.2) is 28.7 Å². The molecule has 2 aromatic rings. The number of hydrogen-bond acceptors (Lipinski definition) is 3. The lowest BCUT2D eigenvalue weighted by Gasteiger charge is -2.33. The van der Waals surface area contributed by atoms with Crippen molar-refractivity contribution in [2.75, 3.05) is 13.7 Å². The minimum Gasteiger partial charge on any atom is -0.461 e. The molecule has 2 atom stereocenters. The van der Waals surface area contributed by atoms with Crippen LogP contribution in [0.5, 0.6) is 0 Å². The van der Waals surface area contributed by atoms with E-state index in [9.17, 15) is 0 Å². The van der Waals surface area contributed by atoms with Gasteiger partial charge < -0.3 is 14.5 Å². The summed E-state index contributed by atoms with van der Waals surface area (Å²) in [5, 5.41) is 4.68. The number of rotatable bonds is 4. The minimum absolute atomic E-state index is 0.148. The van der Waals surface area contributed by atoms with Crippen LogP contribution < -0.4 is 5.32 Å². The van der Waals surface area contributed by atoms with Crippen molar-refractivity contribution in [1.29, 1.82) is 0 Å². The topological polar surface area (TPSA) is 34.4 Å². The first-order valence-electron chi connectivity index (χ1n) is 7.51. The first-order chi connectivity index (χ1) is 9.69. The van der Waals surface area contributed by atoms with Crippen LogP contribution >= 0.6 is 0 Å². The molecule has 0 amide bonds. The number of aryl methyl sites for hydroxylation is 1. The summed E-state index contributed by atoms with van der Waals surface area (Å²) in [6.45, 7) is 5.21. The molecule has 2 unspecified atom stereocenters. The van der Waals surface area contributed by atoms with E-state index in [0.717, 1.165) is 37.2 Å². The Morgan fingerprint density at radius 2 is 2.15 bits per heavy atom. The molecule has 3 rings (SSSR count). The van der Waals surface area contributed by atoms with Gasteiger partial charge in [-0.25, -0.2) is 0 Å². The molecule has 0 aliphatic carbocycles. The van der Waals surface area contributed by atoms with Crippen molar-refractivity contribution in [3.05, 3.63) is 35.6 Å². The first-order valence-corrected chi connectivity index (χ1v) is 7.51. The first kappa shape index (κ1) is 13.7. The second kappa shape index (κ2) is 5.23. The standard InChI is InChI=1S/C17H23NO2/c1-4-13-15(12-8-5-6-9-14(12)20-13)16(18-3)17(2)10-7-11-19-17/h5-6,8-9,16,18H,4,7,10-11H2,1-3H3. The van der Waals surface area contributed by atoms with Crippen molar-refractivity contribution in [2.24, 2.45) is 0 Å². The van der Waals surface area contributed by atoms with Crippen molar-refractivity contribution in [3.63, 3.8) is 0 Å². The molecule has 3 heteroatoms. The molecule has 1 saturated heterocycles. The fraction of sp³-hybridized carbons (Fsp3) is 0.529. The summed E-state index contributed by atoms with van der Waals surface area (Å²) in [6, 6.07) is 8.46. The third kappa shape index (κ3) is 2.05. The lowest BCUT2D eigenvalue weighted by molar-refractivity contribution is -0.0105. The maximum atomic E-state index is 6.06. The van der Waals surface area contributed by atoms with Gasteiger partial charge in [0, 0.05) is 24.0 Å². The summed E-state index contributed by atoms with van der Waals surface area (Å²) in [5.74, 6) is 1.07. The van der Waals surface area contributed by atoms with Crippen LogP contribution in [-0.4, -0.2) is 19.3 Å². The van der Waals surface area contributed by atoms with Gasteiger partial charge in [0.05, 0.1) is 11.6 Å². The molecule has 1 fully saturated rings. The highest BCUT2D eigenvalue weighted by Gasteiger charge is 2.41. The lowest BCUT2D eigenvalue weighted by atomic mass is 9.86. The molecule has 1 N–H and O–H groups in total. The summed E-state index contributed by atoms with van der Waals surface area (Å²) in [4.78, 5) is 0. The van der Waals surface area contributed by atoms with Crippen LogP contribution in [0.3, 0.4) is 0 Å². The fourth-order valence-electron chi connectivity index (χ4n) is 3.48. The van der Waals surface area contributed by atoms with Gasteiger partial charge in [-0.1, -0.05) is 25.1 Å². The second-order valence-corrected chi connectivity index (χ2v) is 5.77. The third-order valence-electron chi connectivity index (χ3n) is 4.47. The van der Waals surface area contributed by atoms with E-state index in [1.165, 1.54) is 10.9 Å². The van der Waals surface area contributed by atoms with Gasteiger partial charge in [-0.15, -0.1) is 0 Å². The largest absolute Gasteiger partial charge is 0.461 e. The van der Waals surface area contributed by atoms with E-state index in [1.54, 1.807) is 0 Å². The molecular weight excluding hydrogens is 250 g/mol. The number of nitrogens with one attached hydrogen (secondary N) is 1. The Balaban J connectivity index is 2.15. The Bertz CT molecular complexity index is 596. The van der Waals surface area contributed by atoms with Crippen LogP contribution in [0.25, 0.3) is 11.0 Å². The second-order valence-electron chi connectivity index (χ2n) is 5.77. The molecule has 1 aliphatic heterocycles. The van der Waals surface area contributed by atoms with E-state index in [2.05, 4.69) is 31.3 Å². The third-order valence-corrected chi connectivity index (χ3v) is 4.47. The number of hydrogen-bond donors (Lipinski definition) is 1. The zero-order chi connectivity index (χ0) is 14.2. The summed E-state index contributed by atoms with van der Waals surface area (Å²) in [7, 11) is 2.01. The fourth-order valence-corrected chi connectivity index (χ4v) is 3.48. The van der Waals surface area contributed by atoms with E-state index < -0.39 is 0 Å². The molecule has 1 aliphatic rings. The number of furan rings is 1. The normalized spacial score (nSPS) is 24.4.